The molecule has 0 saturated carbocycles. The van der Waals surface area contributed by atoms with Gasteiger partial charge in [0.15, 0.2) is 0 Å². The summed E-state index contributed by atoms with van der Waals surface area (Å²) in [7, 11) is 1.65. The normalized spacial score (nSPS) is 12.2. The third kappa shape index (κ3) is 5.19. The van der Waals surface area contributed by atoms with E-state index in [1.165, 1.54) is 4.90 Å². The zero-order valence-corrected chi connectivity index (χ0v) is 13.2. The van der Waals surface area contributed by atoms with E-state index < -0.39 is 5.41 Å². The van der Waals surface area contributed by atoms with Crippen LogP contribution in [-0.2, 0) is 9.59 Å². The largest absolute Gasteiger partial charge is 0.350 e. The maximum Gasteiger partial charge on any atom is 0.240 e. The highest BCUT2D eigenvalue weighted by Gasteiger charge is 2.36. The van der Waals surface area contributed by atoms with E-state index in [4.69, 9.17) is 5.73 Å². The van der Waals surface area contributed by atoms with Crippen LogP contribution in [-0.4, -0.2) is 42.4 Å². The zero-order chi connectivity index (χ0) is 15.3. The number of hydrogen-bond acceptors (Lipinski definition) is 3. The number of likely N-dealkylation sites (N-methyl/N-ethyl adjacent to an activating group) is 1. The molecule has 3 N–H and O–H groups in total. The Kier molecular flexibility index (Phi) is 6.49. The van der Waals surface area contributed by atoms with E-state index in [-0.39, 0.29) is 23.9 Å². The van der Waals surface area contributed by atoms with Crippen LogP contribution in [0.15, 0.2) is 0 Å². The van der Waals surface area contributed by atoms with Crippen LogP contribution in [0.1, 0.15) is 47.5 Å². The summed E-state index contributed by atoms with van der Waals surface area (Å²) in [5.74, 6) is -0.203. The third-order valence-electron chi connectivity index (χ3n) is 3.44. The van der Waals surface area contributed by atoms with E-state index in [2.05, 4.69) is 5.32 Å². The second-order valence-electron chi connectivity index (χ2n) is 6.15. The van der Waals surface area contributed by atoms with Gasteiger partial charge in [0, 0.05) is 19.1 Å². The Balaban J connectivity index is 4.70. The number of rotatable bonds is 6. The monoisotopic (exact) mass is 271 g/mol. The lowest BCUT2D eigenvalue weighted by Gasteiger charge is -2.33. The zero-order valence-electron chi connectivity index (χ0n) is 13.2. The summed E-state index contributed by atoms with van der Waals surface area (Å²) < 4.78 is 0. The molecule has 2 amide bonds. The molecule has 0 aromatic rings. The van der Waals surface area contributed by atoms with Crippen LogP contribution in [0.5, 0.6) is 0 Å². The highest BCUT2D eigenvalue weighted by molar-refractivity contribution is 5.88. The van der Waals surface area contributed by atoms with Gasteiger partial charge in [0.2, 0.25) is 11.8 Å². The number of carbonyl (C=O) groups is 2. The van der Waals surface area contributed by atoms with Crippen molar-refractivity contribution in [2.75, 3.05) is 20.1 Å². The van der Waals surface area contributed by atoms with Gasteiger partial charge in [-0.15, -0.1) is 0 Å². The summed E-state index contributed by atoms with van der Waals surface area (Å²) in [6.45, 7) is 10.0. The van der Waals surface area contributed by atoms with E-state index in [9.17, 15) is 9.59 Å². The van der Waals surface area contributed by atoms with Crippen LogP contribution in [0, 0.1) is 5.41 Å². The van der Waals surface area contributed by atoms with E-state index in [0.717, 1.165) is 0 Å². The number of nitrogens with zero attached hydrogens (tertiary/aromatic N) is 1. The van der Waals surface area contributed by atoms with E-state index in [1.807, 2.05) is 34.6 Å². The van der Waals surface area contributed by atoms with Crippen molar-refractivity contribution in [1.29, 1.82) is 0 Å². The Bertz CT molecular complexity index is 309. The number of nitrogens with two attached hydrogens (primary N) is 1. The molecule has 0 heterocycles. The molecule has 112 valence electrons. The van der Waals surface area contributed by atoms with Gasteiger partial charge in [0.05, 0.1) is 12.0 Å². The minimum absolute atomic E-state index is 0.0518. The molecule has 0 aromatic heterocycles. The summed E-state index contributed by atoms with van der Waals surface area (Å²) >= 11 is 0. The van der Waals surface area contributed by atoms with Crippen LogP contribution >= 0.6 is 0 Å². The van der Waals surface area contributed by atoms with Crippen molar-refractivity contribution in [3.63, 3.8) is 0 Å². The quantitative estimate of drug-likeness (QED) is 0.760. The second kappa shape index (κ2) is 6.89. The smallest absolute Gasteiger partial charge is 0.240 e. The lowest BCUT2D eigenvalue weighted by molar-refractivity contribution is -0.143. The van der Waals surface area contributed by atoms with Crippen LogP contribution in [0.2, 0.25) is 0 Å². The second-order valence-corrected chi connectivity index (χ2v) is 6.15. The standard InChI is InChI=1S/C14H29N3O2/c1-7-14(8-2,10-15)12(19)17(6)9-11(18)16-13(3,4)5/h7-10,15H2,1-6H3,(H,16,18). The van der Waals surface area contributed by atoms with E-state index >= 15 is 0 Å². The molecular weight excluding hydrogens is 242 g/mol. The number of amides is 2. The van der Waals surface area contributed by atoms with Crippen LogP contribution in [0.25, 0.3) is 0 Å². The van der Waals surface area contributed by atoms with Gasteiger partial charge in [0.1, 0.15) is 0 Å². The average molecular weight is 271 g/mol. The van der Waals surface area contributed by atoms with Gasteiger partial charge in [-0.05, 0) is 33.6 Å². The van der Waals surface area contributed by atoms with Crippen molar-refractivity contribution in [1.82, 2.24) is 10.2 Å². The number of carbonyl (C=O) groups excluding carboxylic acids is 2. The molecule has 5 heteroatoms. The molecule has 0 aliphatic carbocycles. The molecule has 0 bridgehead atoms. The maximum absolute atomic E-state index is 12.4. The number of nitrogens with one attached hydrogen (secondary N) is 1. The van der Waals surface area contributed by atoms with E-state index in [1.54, 1.807) is 7.05 Å². The van der Waals surface area contributed by atoms with Crippen molar-refractivity contribution in [3.05, 3.63) is 0 Å². The molecule has 0 spiro atoms. The highest BCUT2D eigenvalue weighted by Crippen LogP contribution is 2.27. The predicted octanol–water partition coefficient (Wildman–Crippen LogP) is 1.12. The molecule has 0 rings (SSSR count). The summed E-state index contributed by atoms with van der Waals surface area (Å²) in [6.07, 6.45) is 1.37. The molecule has 0 aliphatic heterocycles. The van der Waals surface area contributed by atoms with Gasteiger partial charge in [0.25, 0.3) is 0 Å². The first kappa shape index (κ1) is 17.9. The van der Waals surface area contributed by atoms with Crippen LogP contribution in [0.4, 0.5) is 0 Å². The van der Waals surface area contributed by atoms with Crippen molar-refractivity contribution >= 4 is 11.8 Å². The Hall–Kier alpha value is -1.10. The third-order valence-corrected chi connectivity index (χ3v) is 3.44. The Morgan fingerprint density at radius 2 is 1.63 bits per heavy atom. The SMILES string of the molecule is CCC(CC)(CN)C(=O)N(C)CC(=O)NC(C)(C)C. The maximum atomic E-state index is 12.4. The molecule has 0 radical (unpaired) electrons. The van der Waals surface area contributed by atoms with Gasteiger partial charge in [-0.3, -0.25) is 9.59 Å². The summed E-state index contributed by atoms with van der Waals surface area (Å²) in [4.78, 5) is 25.7. The molecule has 0 aliphatic rings. The lowest BCUT2D eigenvalue weighted by atomic mass is 9.81. The first-order chi connectivity index (χ1) is 8.61. The summed E-state index contributed by atoms with van der Waals surface area (Å²) in [5, 5.41) is 2.85. The Labute approximate surface area is 116 Å². The molecule has 0 fully saturated rings. The fourth-order valence-corrected chi connectivity index (χ4v) is 2.08. The lowest BCUT2D eigenvalue weighted by Crippen LogP contribution is -2.51. The molecule has 0 unspecified atom stereocenters. The fourth-order valence-electron chi connectivity index (χ4n) is 2.08. The minimum atomic E-state index is -0.545. The van der Waals surface area contributed by atoms with E-state index in [0.29, 0.717) is 19.4 Å². The minimum Gasteiger partial charge on any atom is -0.350 e. The van der Waals surface area contributed by atoms with Crippen LogP contribution in [0.3, 0.4) is 0 Å². The molecule has 5 nitrogen and oxygen atoms in total. The average Bonchev–Trinajstić information content (AvgIpc) is 2.29. The predicted molar refractivity (Wildman–Crippen MR) is 77.6 cm³/mol. The van der Waals surface area contributed by atoms with Gasteiger partial charge in [-0.1, -0.05) is 13.8 Å². The van der Waals surface area contributed by atoms with Crippen molar-refractivity contribution in [3.8, 4) is 0 Å². The van der Waals surface area contributed by atoms with Gasteiger partial charge in [-0.2, -0.15) is 0 Å². The van der Waals surface area contributed by atoms with Crippen molar-refractivity contribution in [2.24, 2.45) is 11.1 Å². The van der Waals surface area contributed by atoms with Crippen molar-refractivity contribution < 1.29 is 9.59 Å². The van der Waals surface area contributed by atoms with Crippen molar-refractivity contribution in [2.45, 2.75) is 53.0 Å². The highest BCUT2D eigenvalue weighted by atomic mass is 16.2. The molecule has 0 saturated heterocycles. The van der Waals surface area contributed by atoms with Gasteiger partial charge >= 0.3 is 0 Å². The van der Waals surface area contributed by atoms with Gasteiger partial charge in [-0.25, -0.2) is 0 Å². The first-order valence-corrected chi connectivity index (χ1v) is 6.88. The topological polar surface area (TPSA) is 75.4 Å². The number of hydrogen-bond donors (Lipinski definition) is 2. The summed E-state index contributed by atoms with van der Waals surface area (Å²) in [6, 6.07) is 0. The Morgan fingerprint density at radius 3 is 1.95 bits per heavy atom. The molecule has 0 atom stereocenters. The van der Waals surface area contributed by atoms with Gasteiger partial charge < -0.3 is 16.0 Å². The molecule has 19 heavy (non-hydrogen) atoms. The molecule has 0 aromatic carbocycles. The first-order valence-electron chi connectivity index (χ1n) is 6.88. The van der Waals surface area contributed by atoms with Crippen LogP contribution < -0.4 is 11.1 Å². The summed E-state index contributed by atoms with van der Waals surface area (Å²) in [5.41, 5.74) is 4.92. The molecular formula is C14H29N3O2. The Morgan fingerprint density at radius 1 is 1.16 bits per heavy atom. The fraction of sp³-hybridized carbons (Fsp3) is 0.857.